The van der Waals surface area contributed by atoms with Crippen molar-refractivity contribution in [3.63, 3.8) is 0 Å². The Bertz CT molecular complexity index is 1060. The van der Waals surface area contributed by atoms with Crippen LogP contribution in [0, 0.1) is 5.92 Å². The zero-order valence-electron chi connectivity index (χ0n) is 18.0. The Morgan fingerprint density at radius 1 is 1.03 bits per heavy atom. The highest BCUT2D eigenvalue weighted by Crippen LogP contribution is 2.27. The summed E-state index contributed by atoms with van der Waals surface area (Å²) in [4.78, 5) is 32.0. The number of anilines is 1. The van der Waals surface area contributed by atoms with Crippen molar-refractivity contribution in [2.75, 3.05) is 18.0 Å². The third-order valence-corrected chi connectivity index (χ3v) is 5.68. The van der Waals surface area contributed by atoms with E-state index in [4.69, 9.17) is 0 Å². The van der Waals surface area contributed by atoms with Crippen molar-refractivity contribution >= 4 is 28.9 Å². The first-order valence-electron chi connectivity index (χ1n) is 10.9. The third kappa shape index (κ3) is 4.55. The number of carbonyl (C=O) groups excluding carboxylic acids is 2. The number of urea groups is 1. The molecule has 3 amide bonds. The molecule has 1 atom stereocenters. The smallest absolute Gasteiger partial charge is 0.324 e. The Hall–Kier alpha value is -3.35. The molecule has 1 aliphatic heterocycles. The lowest BCUT2D eigenvalue weighted by Crippen LogP contribution is -2.53. The number of carbonyl (C=O) groups is 2. The Kier molecular flexibility index (Phi) is 6.21. The van der Waals surface area contributed by atoms with Crippen LogP contribution in [0.1, 0.15) is 25.8 Å². The molecule has 31 heavy (non-hydrogen) atoms. The first kappa shape index (κ1) is 20.9. The van der Waals surface area contributed by atoms with Crippen LogP contribution in [0.15, 0.2) is 54.6 Å². The van der Waals surface area contributed by atoms with Gasteiger partial charge in [0.15, 0.2) is 0 Å². The van der Waals surface area contributed by atoms with Gasteiger partial charge in [0.05, 0.1) is 11.0 Å². The molecule has 3 aromatic rings. The van der Waals surface area contributed by atoms with Gasteiger partial charge in [-0.1, -0.05) is 56.3 Å². The molecule has 2 N–H and O–H groups in total. The highest BCUT2D eigenvalue weighted by Gasteiger charge is 2.32. The van der Waals surface area contributed by atoms with E-state index in [0.717, 1.165) is 23.9 Å². The second-order valence-electron chi connectivity index (χ2n) is 8.26. The number of rotatable bonds is 7. The maximum atomic E-state index is 13.0. The fraction of sp³-hybridized carbons (Fsp3) is 0.375. The van der Waals surface area contributed by atoms with Gasteiger partial charge in [0, 0.05) is 19.6 Å². The fourth-order valence-corrected chi connectivity index (χ4v) is 3.99. The zero-order valence-corrected chi connectivity index (χ0v) is 18.0. The van der Waals surface area contributed by atoms with E-state index in [0.29, 0.717) is 25.6 Å². The van der Waals surface area contributed by atoms with E-state index in [9.17, 15) is 9.59 Å². The molecular formula is C24H29N5O2. The van der Waals surface area contributed by atoms with Gasteiger partial charge in [-0.2, -0.15) is 0 Å². The van der Waals surface area contributed by atoms with E-state index in [1.807, 2.05) is 60.9 Å². The maximum absolute atomic E-state index is 13.0. The lowest BCUT2D eigenvalue weighted by molar-refractivity contribution is -0.123. The highest BCUT2D eigenvalue weighted by atomic mass is 16.2. The number of hydrogen-bond acceptors (Lipinski definition) is 3. The number of aromatic nitrogens is 2. The molecule has 2 heterocycles. The first-order valence-corrected chi connectivity index (χ1v) is 10.9. The summed E-state index contributed by atoms with van der Waals surface area (Å²) in [6.07, 6.45) is 1.76. The quantitative estimate of drug-likeness (QED) is 0.577. The molecule has 0 fully saturated rings. The van der Waals surface area contributed by atoms with E-state index in [2.05, 4.69) is 27.8 Å². The molecule has 2 aromatic carbocycles. The van der Waals surface area contributed by atoms with Crippen LogP contribution in [0.2, 0.25) is 0 Å². The summed E-state index contributed by atoms with van der Waals surface area (Å²) in [5, 5.41) is 5.90. The average molecular weight is 420 g/mol. The van der Waals surface area contributed by atoms with Crippen LogP contribution >= 0.6 is 0 Å². The average Bonchev–Trinajstić information content (AvgIpc) is 3.34. The summed E-state index contributed by atoms with van der Waals surface area (Å²) in [7, 11) is 0. The van der Waals surface area contributed by atoms with Gasteiger partial charge in [-0.15, -0.1) is 0 Å². The second-order valence-corrected chi connectivity index (χ2v) is 8.26. The second kappa shape index (κ2) is 9.20. The van der Waals surface area contributed by atoms with E-state index < -0.39 is 6.04 Å². The van der Waals surface area contributed by atoms with Gasteiger partial charge < -0.3 is 15.2 Å². The molecule has 0 radical (unpaired) electrons. The van der Waals surface area contributed by atoms with Gasteiger partial charge in [0.25, 0.3) is 0 Å². The SMILES string of the molecule is CC(C)[C@H](NC(=O)N1CCn2c1nc1ccccc12)C(=O)NCCCc1ccccc1. The fourth-order valence-electron chi connectivity index (χ4n) is 3.99. The molecule has 1 aliphatic rings. The summed E-state index contributed by atoms with van der Waals surface area (Å²) in [6, 6.07) is 17.2. The Balaban J connectivity index is 1.35. The van der Waals surface area contributed by atoms with Crippen LogP contribution < -0.4 is 15.5 Å². The largest absolute Gasteiger partial charge is 0.354 e. The van der Waals surface area contributed by atoms with Gasteiger partial charge in [-0.3, -0.25) is 9.69 Å². The van der Waals surface area contributed by atoms with Crippen LogP contribution in [-0.4, -0.2) is 40.6 Å². The van der Waals surface area contributed by atoms with E-state index >= 15 is 0 Å². The van der Waals surface area contributed by atoms with Crippen molar-refractivity contribution in [2.24, 2.45) is 5.92 Å². The maximum Gasteiger partial charge on any atom is 0.324 e. The number of hydrogen-bond donors (Lipinski definition) is 2. The lowest BCUT2D eigenvalue weighted by atomic mass is 10.0. The van der Waals surface area contributed by atoms with Crippen molar-refractivity contribution in [3.8, 4) is 0 Å². The molecule has 0 bridgehead atoms. The molecule has 4 rings (SSSR count). The van der Waals surface area contributed by atoms with Gasteiger partial charge in [0.1, 0.15) is 6.04 Å². The predicted octanol–water partition coefficient (Wildman–Crippen LogP) is 3.34. The normalized spacial score (nSPS) is 14.0. The summed E-state index contributed by atoms with van der Waals surface area (Å²) in [6.45, 7) is 5.69. The Morgan fingerprint density at radius 3 is 2.55 bits per heavy atom. The van der Waals surface area contributed by atoms with Gasteiger partial charge in [-0.25, -0.2) is 9.78 Å². The van der Waals surface area contributed by atoms with Crippen LogP contribution in [0.3, 0.4) is 0 Å². The van der Waals surface area contributed by atoms with Crippen LogP contribution in [0.25, 0.3) is 11.0 Å². The Morgan fingerprint density at radius 2 is 1.77 bits per heavy atom. The topological polar surface area (TPSA) is 79.3 Å². The van der Waals surface area contributed by atoms with E-state index in [-0.39, 0.29) is 17.9 Å². The van der Waals surface area contributed by atoms with Crippen molar-refractivity contribution in [1.82, 2.24) is 20.2 Å². The zero-order chi connectivity index (χ0) is 21.8. The molecule has 162 valence electrons. The standard InChI is InChI=1S/C24H29N5O2/c1-17(2)21(22(30)25-14-8-11-18-9-4-3-5-10-18)27-24(31)29-16-15-28-20-13-7-6-12-19(20)26-23(28)29/h3-7,9-10,12-13,17,21H,8,11,14-16H2,1-2H3,(H,25,30)(H,27,31)/t21-/m0/s1. The van der Waals surface area contributed by atoms with Crippen molar-refractivity contribution in [3.05, 3.63) is 60.2 Å². The minimum Gasteiger partial charge on any atom is -0.354 e. The number of amides is 3. The number of nitrogens with zero attached hydrogens (tertiary/aromatic N) is 3. The number of imidazole rings is 1. The van der Waals surface area contributed by atoms with Gasteiger partial charge in [-0.05, 0) is 36.5 Å². The number of benzene rings is 2. The first-order chi connectivity index (χ1) is 15.0. The van der Waals surface area contributed by atoms with Crippen LogP contribution in [0.5, 0.6) is 0 Å². The van der Waals surface area contributed by atoms with Crippen molar-refractivity contribution in [2.45, 2.75) is 39.3 Å². The molecule has 0 unspecified atom stereocenters. The number of nitrogens with one attached hydrogen (secondary N) is 2. The lowest BCUT2D eigenvalue weighted by Gasteiger charge is -2.24. The molecule has 7 nitrogen and oxygen atoms in total. The van der Waals surface area contributed by atoms with Gasteiger partial charge in [0.2, 0.25) is 11.9 Å². The predicted molar refractivity (Wildman–Crippen MR) is 122 cm³/mol. The molecule has 0 saturated heterocycles. The number of aryl methyl sites for hydroxylation is 1. The molecule has 0 aliphatic carbocycles. The molecular weight excluding hydrogens is 390 g/mol. The van der Waals surface area contributed by atoms with Crippen LogP contribution in [-0.2, 0) is 17.8 Å². The highest BCUT2D eigenvalue weighted by molar-refractivity contribution is 5.96. The van der Waals surface area contributed by atoms with Crippen molar-refractivity contribution < 1.29 is 9.59 Å². The minimum atomic E-state index is -0.595. The number of para-hydroxylation sites is 2. The molecule has 1 aromatic heterocycles. The van der Waals surface area contributed by atoms with E-state index in [1.165, 1.54) is 5.56 Å². The number of fused-ring (bicyclic) bond motifs is 3. The third-order valence-electron chi connectivity index (χ3n) is 5.68. The molecule has 0 saturated carbocycles. The monoisotopic (exact) mass is 419 g/mol. The van der Waals surface area contributed by atoms with Gasteiger partial charge >= 0.3 is 6.03 Å². The van der Waals surface area contributed by atoms with Crippen molar-refractivity contribution in [1.29, 1.82) is 0 Å². The van der Waals surface area contributed by atoms with E-state index in [1.54, 1.807) is 4.90 Å². The summed E-state index contributed by atoms with van der Waals surface area (Å²) in [5.74, 6) is 0.452. The molecule has 0 spiro atoms. The summed E-state index contributed by atoms with van der Waals surface area (Å²) in [5.41, 5.74) is 3.14. The molecule has 7 heteroatoms. The minimum absolute atomic E-state index is 0.0282. The summed E-state index contributed by atoms with van der Waals surface area (Å²) < 4.78 is 2.04. The summed E-state index contributed by atoms with van der Waals surface area (Å²) >= 11 is 0. The Labute approximate surface area is 182 Å². The van der Waals surface area contributed by atoms with Crippen LogP contribution in [0.4, 0.5) is 10.7 Å².